The molecule has 1 aliphatic rings. The van der Waals surface area contributed by atoms with Crippen LogP contribution in [0.3, 0.4) is 0 Å². The van der Waals surface area contributed by atoms with Gasteiger partial charge in [-0.25, -0.2) is 9.67 Å². The Labute approximate surface area is 107 Å². The smallest absolute Gasteiger partial charge is 0.242 e. The summed E-state index contributed by atoms with van der Waals surface area (Å²) in [6.45, 7) is 4.64. The van der Waals surface area contributed by atoms with E-state index in [0.717, 1.165) is 6.42 Å². The largest absolute Gasteiger partial charge is 0.367 e. The number of carbonyl (C=O) groups excluding carboxylic acids is 1. The first-order chi connectivity index (χ1) is 8.56. The Balaban J connectivity index is 1.87. The molecule has 1 fully saturated rings. The van der Waals surface area contributed by atoms with Crippen LogP contribution in [0, 0.1) is 11.8 Å². The lowest BCUT2D eigenvalue weighted by Gasteiger charge is -2.34. The van der Waals surface area contributed by atoms with Crippen LogP contribution in [0.4, 0.5) is 5.95 Å². The number of rotatable bonds is 3. The molecule has 0 aromatic carbocycles. The zero-order valence-corrected chi connectivity index (χ0v) is 11.0. The van der Waals surface area contributed by atoms with Gasteiger partial charge in [0.1, 0.15) is 12.9 Å². The number of nitrogens with two attached hydrogens (primary N) is 1. The van der Waals surface area contributed by atoms with Crippen molar-refractivity contribution in [2.24, 2.45) is 11.8 Å². The van der Waals surface area contributed by atoms with Crippen LogP contribution in [0.1, 0.15) is 33.1 Å². The highest BCUT2D eigenvalue weighted by Crippen LogP contribution is 2.29. The number of amides is 1. The molecule has 0 saturated heterocycles. The molecule has 6 nitrogen and oxygen atoms in total. The molecular weight excluding hydrogens is 230 g/mol. The van der Waals surface area contributed by atoms with E-state index in [0.29, 0.717) is 11.8 Å². The van der Waals surface area contributed by atoms with Gasteiger partial charge in [-0.1, -0.05) is 26.7 Å². The zero-order chi connectivity index (χ0) is 13.1. The second-order valence-electron chi connectivity index (χ2n) is 5.24. The Morgan fingerprint density at radius 3 is 3.00 bits per heavy atom. The SMILES string of the molecule is CC1CCCC(NC(=O)Cn2cnc(N)n2)C1C. The highest BCUT2D eigenvalue weighted by atomic mass is 16.2. The lowest BCUT2D eigenvalue weighted by atomic mass is 9.78. The molecule has 1 aliphatic carbocycles. The zero-order valence-electron chi connectivity index (χ0n) is 11.0. The number of hydrogen-bond donors (Lipinski definition) is 2. The summed E-state index contributed by atoms with van der Waals surface area (Å²) in [6, 6.07) is 0.280. The third-order valence-electron chi connectivity index (χ3n) is 3.91. The van der Waals surface area contributed by atoms with Crippen LogP contribution < -0.4 is 11.1 Å². The number of carbonyl (C=O) groups is 1. The first-order valence-electron chi connectivity index (χ1n) is 6.50. The monoisotopic (exact) mass is 251 g/mol. The van der Waals surface area contributed by atoms with Gasteiger partial charge in [0.2, 0.25) is 11.9 Å². The van der Waals surface area contributed by atoms with Crippen LogP contribution in [-0.4, -0.2) is 26.7 Å². The van der Waals surface area contributed by atoms with Gasteiger partial charge < -0.3 is 11.1 Å². The molecule has 6 heteroatoms. The maximum absolute atomic E-state index is 11.9. The molecule has 0 spiro atoms. The molecule has 3 N–H and O–H groups in total. The number of nitrogens with zero attached hydrogens (tertiary/aromatic N) is 3. The second-order valence-corrected chi connectivity index (χ2v) is 5.24. The molecule has 1 amide bonds. The minimum atomic E-state index is -0.0224. The Morgan fingerprint density at radius 1 is 1.56 bits per heavy atom. The van der Waals surface area contributed by atoms with E-state index in [9.17, 15) is 4.79 Å². The Bertz CT molecular complexity index is 416. The standard InChI is InChI=1S/C12H21N5O/c1-8-4-3-5-10(9(8)2)15-11(18)6-17-7-14-12(13)16-17/h7-10H,3-6H2,1-2H3,(H2,13,16)(H,15,18). The van der Waals surface area contributed by atoms with Crippen LogP contribution in [-0.2, 0) is 11.3 Å². The predicted octanol–water partition coefficient (Wildman–Crippen LogP) is 0.801. The Morgan fingerprint density at radius 2 is 2.33 bits per heavy atom. The minimum Gasteiger partial charge on any atom is -0.367 e. The van der Waals surface area contributed by atoms with E-state index in [1.807, 2.05) is 0 Å². The molecule has 100 valence electrons. The highest BCUT2D eigenvalue weighted by molar-refractivity contribution is 5.76. The summed E-state index contributed by atoms with van der Waals surface area (Å²) in [7, 11) is 0. The average molecular weight is 251 g/mol. The Kier molecular flexibility index (Phi) is 3.84. The van der Waals surface area contributed by atoms with Crippen LogP contribution in [0.15, 0.2) is 6.33 Å². The van der Waals surface area contributed by atoms with Gasteiger partial charge in [0, 0.05) is 6.04 Å². The summed E-state index contributed by atoms with van der Waals surface area (Å²) < 4.78 is 1.46. The molecule has 3 unspecified atom stereocenters. The topological polar surface area (TPSA) is 85.8 Å². The van der Waals surface area contributed by atoms with Gasteiger partial charge in [0.25, 0.3) is 0 Å². The minimum absolute atomic E-state index is 0.0224. The van der Waals surface area contributed by atoms with Crippen molar-refractivity contribution in [1.82, 2.24) is 20.1 Å². The fraction of sp³-hybridized carbons (Fsp3) is 0.750. The summed E-state index contributed by atoms with van der Waals surface area (Å²) in [5, 5.41) is 6.99. The Hall–Kier alpha value is -1.59. The van der Waals surface area contributed by atoms with Gasteiger partial charge in [-0.3, -0.25) is 4.79 Å². The summed E-state index contributed by atoms with van der Waals surface area (Å²) in [6.07, 6.45) is 4.98. The molecule has 1 aromatic rings. The van der Waals surface area contributed by atoms with Crippen molar-refractivity contribution in [2.75, 3.05) is 5.73 Å². The first-order valence-corrected chi connectivity index (χ1v) is 6.50. The molecule has 0 aliphatic heterocycles. The van der Waals surface area contributed by atoms with Gasteiger partial charge in [0.15, 0.2) is 0 Å². The molecule has 1 heterocycles. The maximum atomic E-state index is 11.9. The van der Waals surface area contributed by atoms with Crippen LogP contribution >= 0.6 is 0 Å². The van der Waals surface area contributed by atoms with Crippen molar-refractivity contribution >= 4 is 11.9 Å². The summed E-state index contributed by atoms with van der Waals surface area (Å²) in [4.78, 5) is 15.7. The predicted molar refractivity (Wildman–Crippen MR) is 68.5 cm³/mol. The van der Waals surface area contributed by atoms with E-state index in [1.165, 1.54) is 23.9 Å². The van der Waals surface area contributed by atoms with Gasteiger partial charge in [-0.05, 0) is 18.3 Å². The van der Waals surface area contributed by atoms with E-state index in [2.05, 4.69) is 29.2 Å². The molecule has 1 saturated carbocycles. The fourth-order valence-corrected chi connectivity index (χ4v) is 2.57. The summed E-state index contributed by atoms with van der Waals surface area (Å²) >= 11 is 0. The van der Waals surface area contributed by atoms with Crippen molar-refractivity contribution in [2.45, 2.75) is 45.7 Å². The van der Waals surface area contributed by atoms with Gasteiger partial charge in [0.05, 0.1) is 0 Å². The van der Waals surface area contributed by atoms with E-state index in [-0.39, 0.29) is 24.4 Å². The number of nitrogen functional groups attached to an aromatic ring is 1. The number of hydrogen-bond acceptors (Lipinski definition) is 4. The molecule has 0 bridgehead atoms. The molecule has 1 aromatic heterocycles. The van der Waals surface area contributed by atoms with Crippen LogP contribution in [0.25, 0.3) is 0 Å². The summed E-state index contributed by atoms with van der Waals surface area (Å²) in [5.74, 6) is 1.38. The van der Waals surface area contributed by atoms with E-state index in [4.69, 9.17) is 5.73 Å². The molecule has 18 heavy (non-hydrogen) atoms. The normalized spacial score (nSPS) is 28.0. The van der Waals surface area contributed by atoms with E-state index >= 15 is 0 Å². The van der Waals surface area contributed by atoms with Crippen molar-refractivity contribution in [1.29, 1.82) is 0 Å². The number of nitrogens with one attached hydrogen (secondary N) is 1. The number of aromatic nitrogens is 3. The number of anilines is 1. The van der Waals surface area contributed by atoms with E-state index < -0.39 is 0 Å². The van der Waals surface area contributed by atoms with Gasteiger partial charge in [-0.2, -0.15) is 0 Å². The summed E-state index contributed by atoms with van der Waals surface area (Å²) in [5.41, 5.74) is 5.40. The third-order valence-corrected chi connectivity index (χ3v) is 3.91. The van der Waals surface area contributed by atoms with Gasteiger partial charge >= 0.3 is 0 Å². The van der Waals surface area contributed by atoms with Crippen LogP contribution in [0.2, 0.25) is 0 Å². The molecule has 2 rings (SSSR count). The fourth-order valence-electron chi connectivity index (χ4n) is 2.57. The van der Waals surface area contributed by atoms with Crippen molar-refractivity contribution in [3.05, 3.63) is 6.33 Å². The maximum Gasteiger partial charge on any atom is 0.242 e. The third kappa shape index (κ3) is 3.00. The quantitative estimate of drug-likeness (QED) is 0.832. The van der Waals surface area contributed by atoms with Gasteiger partial charge in [-0.15, -0.1) is 5.10 Å². The molecular formula is C12H21N5O. The first kappa shape index (κ1) is 12.9. The van der Waals surface area contributed by atoms with Crippen LogP contribution in [0.5, 0.6) is 0 Å². The molecule has 0 radical (unpaired) electrons. The van der Waals surface area contributed by atoms with E-state index in [1.54, 1.807) is 0 Å². The molecule has 3 atom stereocenters. The average Bonchev–Trinajstić information content (AvgIpc) is 2.70. The van der Waals surface area contributed by atoms with Crippen molar-refractivity contribution in [3.63, 3.8) is 0 Å². The highest BCUT2D eigenvalue weighted by Gasteiger charge is 2.28. The second kappa shape index (κ2) is 5.37. The van der Waals surface area contributed by atoms with Crippen molar-refractivity contribution in [3.8, 4) is 0 Å². The van der Waals surface area contributed by atoms with Crippen molar-refractivity contribution < 1.29 is 4.79 Å². The lowest BCUT2D eigenvalue weighted by Crippen LogP contribution is -2.44. The lowest BCUT2D eigenvalue weighted by molar-refractivity contribution is -0.123.